The van der Waals surface area contributed by atoms with Crippen LogP contribution < -0.4 is 5.32 Å². The van der Waals surface area contributed by atoms with Crippen molar-refractivity contribution >= 4 is 11.6 Å². The summed E-state index contributed by atoms with van der Waals surface area (Å²) in [6.07, 6.45) is 0.957. The van der Waals surface area contributed by atoms with Gasteiger partial charge >= 0.3 is 0 Å². The molecular formula is C17H16N2O. The monoisotopic (exact) mass is 264 g/mol. The van der Waals surface area contributed by atoms with Crippen molar-refractivity contribution in [1.29, 1.82) is 5.26 Å². The molecule has 2 aromatic rings. The van der Waals surface area contributed by atoms with E-state index < -0.39 is 5.92 Å². The van der Waals surface area contributed by atoms with Crippen LogP contribution >= 0.6 is 0 Å². The van der Waals surface area contributed by atoms with E-state index in [9.17, 15) is 10.1 Å². The Balaban J connectivity index is 2.12. The molecule has 0 heterocycles. The van der Waals surface area contributed by atoms with Crippen molar-refractivity contribution in [2.24, 2.45) is 0 Å². The molecule has 0 saturated carbocycles. The van der Waals surface area contributed by atoms with E-state index in [1.165, 1.54) is 5.56 Å². The lowest BCUT2D eigenvalue weighted by atomic mass is 10.00. The maximum absolute atomic E-state index is 12.2. The predicted molar refractivity (Wildman–Crippen MR) is 79.2 cm³/mol. The van der Waals surface area contributed by atoms with Crippen molar-refractivity contribution in [2.75, 3.05) is 5.32 Å². The van der Waals surface area contributed by atoms with Crippen molar-refractivity contribution in [2.45, 2.75) is 19.3 Å². The highest BCUT2D eigenvalue weighted by Crippen LogP contribution is 2.18. The molecule has 2 aromatic carbocycles. The van der Waals surface area contributed by atoms with Crippen LogP contribution in [0, 0.1) is 11.3 Å². The molecule has 0 spiro atoms. The number of nitrogens with one attached hydrogen (secondary N) is 1. The lowest BCUT2D eigenvalue weighted by Crippen LogP contribution is -2.19. The summed E-state index contributed by atoms with van der Waals surface area (Å²) in [7, 11) is 0. The number of hydrogen-bond acceptors (Lipinski definition) is 2. The molecule has 3 heteroatoms. The van der Waals surface area contributed by atoms with Crippen molar-refractivity contribution in [3.8, 4) is 6.07 Å². The van der Waals surface area contributed by atoms with Gasteiger partial charge in [0.1, 0.15) is 0 Å². The van der Waals surface area contributed by atoms with E-state index in [0.717, 1.165) is 6.42 Å². The number of amides is 1. The number of rotatable bonds is 4. The fourth-order valence-electron chi connectivity index (χ4n) is 1.97. The Hall–Kier alpha value is -2.60. The van der Waals surface area contributed by atoms with Crippen molar-refractivity contribution in [3.05, 3.63) is 65.7 Å². The second kappa shape index (κ2) is 6.53. The molecule has 2 rings (SSSR count). The Labute approximate surface area is 118 Å². The lowest BCUT2D eigenvalue weighted by molar-refractivity contribution is -0.116. The third-order valence-corrected chi connectivity index (χ3v) is 3.15. The Bertz CT molecular complexity index is 612. The molecule has 1 amide bonds. The average Bonchev–Trinajstić information content (AvgIpc) is 2.50. The molecule has 100 valence electrons. The fraction of sp³-hybridized carbons (Fsp3) is 0.176. The van der Waals surface area contributed by atoms with E-state index >= 15 is 0 Å². The van der Waals surface area contributed by atoms with Gasteiger partial charge < -0.3 is 5.32 Å². The molecule has 0 saturated heterocycles. The lowest BCUT2D eigenvalue weighted by Gasteiger charge is -2.10. The zero-order valence-corrected chi connectivity index (χ0v) is 11.3. The van der Waals surface area contributed by atoms with Gasteiger partial charge in [-0.25, -0.2) is 0 Å². The molecule has 1 N–H and O–H groups in total. The van der Waals surface area contributed by atoms with Crippen molar-refractivity contribution in [1.82, 2.24) is 0 Å². The summed E-state index contributed by atoms with van der Waals surface area (Å²) >= 11 is 0. The second-order valence-electron chi connectivity index (χ2n) is 4.51. The molecule has 0 aliphatic rings. The van der Waals surface area contributed by atoms with Gasteiger partial charge in [-0.3, -0.25) is 4.79 Å². The highest BCUT2D eigenvalue weighted by molar-refractivity contribution is 5.97. The zero-order chi connectivity index (χ0) is 14.4. The molecular weight excluding hydrogens is 248 g/mol. The van der Waals surface area contributed by atoms with Crippen LogP contribution in [0.15, 0.2) is 54.6 Å². The van der Waals surface area contributed by atoms with Crippen LogP contribution in [0.4, 0.5) is 5.69 Å². The highest BCUT2D eigenvalue weighted by atomic mass is 16.1. The number of aryl methyl sites for hydroxylation is 1. The maximum atomic E-state index is 12.2. The first-order chi connectivity index (χ1) is 9.74. The summed E-state index contributed by atoms with van der Waals surface area (Å²) in [5, 5.41) is 12.0. The first-order valence-corrected chi connectivity index (χ1v) is 6.59. The maximum Gasteiger partial charge on any atom is 0.246 e. The fourth-order valence-corrected chi connectivity index (χ4v) is 1.97. The Morgan fingerprint density at radius 3 is 2.35 bits per heavy atom. The van der Waals surface area contributed by atoms with Crippen LogP contribution in [0.5, 0.6) is 0 Å². The number of hydrogen-bond donors (Lipinski definition) is 1. The van der Waals surface area contributed by atoms with E-state index in [1.807, 2.05) is 48.5 Å². The Morgan fingerprint density at radius 1 is 1.15 bits per heavy atom. The quantitative estimate of drug-likeness (QED) is 0.919. The molecule has 0 bridgehead atoms. The second-order valence-corrected chi connectivity index (χ2v) is 4.51. The van der Waals surface area contributed by atoms with Crippen LogP contribution in [-0.4, -0.2) is 5.91 Å². The van der Waals surface area contributed by atoms with Crippen LogP contribution in [0.2, 0.25) is 0 Å². The summed E-state index contributed by atoms with van der Waals surface area (Å²) in [5.41, 5.74) is 2.63. The third-order valence-electron chi connectivity index (χ3n) is 3.15. The van der Waals surface area contributed by atoms with Crippen LogP contribution in [-0.2, 0) is 11.2 Å². The molecule has 1 atom stereocenters. The largest absolute Gasteiger partial charge is 0.325 e. The highest BCUT2D eigenvalue weighted by Gasteiger charge is 2.19. The van der Waals surface area contributed by atoms with E-state index in [-0.39, 0.29) is 5.91 Å². The van der Waals surface area contributed by atoms with Crippen LogP contribution in [0.1, 0.15) is 24.0 Å². The van der Waals surface area contributed by atoms with Crippen LogP contribution in [0.3, 0.4) is 0 Å². The summed E-state index contributed by atoms with van der Waals surface area (Å²) in [6, 6.07) is 18.8. The minimum absolute atomic E-state index is 0.303. The summed E-state index contributed by atoms with van der Waals surface area (Å²) < 4.78 is 0. The van der Waals surface area contributed by atoms with Gasteiger partial charge in [0.15, 0.2) is 5.92 Å². The van der Waals surface area contributed by atoms with E-state index in [1.54, 1.807) is 12.1 Å². The number of nitrogens with zero attached hydrogens (tertiary/aromatic N) is 1. The smallest absolute Gasteiger partial charge is 0.246 e. The SMILES string of the molecule is CCc1ccc(NC(=O)C(C#N)c2ccccc2)cc1. The van der Waals surface area contributed by atoms with Crippen molar-refractivity contribution in [3.63, 3.8) is 0 Å². The number of carbonyl (C=O) groups excluding carboxylic acids is 1. The molecule has 0 aliphatic carbocycles. The van der Waals surface area contributed by atoms with Gasteiger partial charge in [-0.15, -0.1) is 0 Å². The summed E-state index contributed by atoms with van der Waals surface area (Å²) in [6.45, 7) is 2.08. The Kier molecular flexibility index (Phi) is 4.52. The van der Waals surface area contributed by atoms with Gasteiger partial charge in [-0.05, 0) is 29.7 Å². The molecule has 3 nitrogen and oxygen atoms in total. The molecule has 20 heavy (non-hydrogen) atoms. The number of nitriles is 1. The van der Waals surface area contributed by atoms with Gasteiger partial charge in [0.05, 0.1) is 6.07 Å². The van der Waals surface area contributed by atoms with Gasteiger partial charge in [0.2, 0.25) is 5.91 Å². The van der Waals surface area contributed by atoms with E-state index in [2.05, 4.69) is 12.2 Å². The average molecular weight is 264 g/mol. The molecule has 0 aromatic heterocycles. The summed E-state index contributed by atoms with van der Waals surface area (Å²) in [5.74, 6) is -1.09. The zero-order valence-electron chi connectivity index (χ0n) is 11.3. The topological polar surface area (TPSA) is 52.9 Å². The van der Waals surface area contributed by atoms with E-state index in [4.69, 9.17) is 0 Å². The summed E-state index contributed by atoms with van der Waals surface area (Å²) in [4.78, 5) is 12.2. The molecule has 0 aliphatic heterocycles. The third kappa shape index (κ3) is 3.24. The normalized spacial score (nSPS) is 11.4. The molecule has 1 unspecified atom stereocenters. The number of anilines is 1. The minimum Gasteiger partial charge on any atom is -0.325 e. The number of benzene rings is 2. The number of carbonyl (C=O) groups is 1. The van der Waals surface area contributed by atoms with Gasteiger partial charge in [0.25, 0.3) is 0 Å². The predicted octanol–water partition coefficient (Wildman–Crippen LogP) is 3.49. The van der Waals surface area contributed by atoms with Crippen molar-refractivity contribution < 1.29 is 4.79 Å². The van der Waals surface area contributed by atoms with Gasteiger partial charge in [-0.2, -0.15) is 5.26 Å². The van der Waals surface area contributed by atoms with Crippen LogP contribution in [0.25, 0.3) is 0 Å². The Morgan fingerprint density at radius 2 is 1.80 bits per heavy atom. The first-order valence-electron chi connectivity index (χ1n) is 6.59. The van der Waals surface area contributed by atoms with E-state index in [0.29, 0.717) is 11.3 Å². The molecule has 0 fully saturated rings. The first kappa shape index (κ1) is 13.8. The van der Waals surface area contributed by atoms with Gasteiger partial charge in [-0.1, -0.05) is 49.4 Å². The molecule has 0 radical (unpaired) electrons. The van der Waals surface area contributed by atoms with Gasteiger partial charge in [0, 0.05) is 5.69 Å². The minimum atomic E-state index is -0.790. The standard InChI is InChI=1S/C17H16N2O/c1-2-13-8-10-15(11-9-13)19-17(20)16(12-18)14-6-4-3-5-7-14/h3-11,16H,2H2,1H3,(H,19,20).